The number of quaternary nitrogens is 1. The van der Waals surface area contributed by atoms with Crippen LogP contribution in [0.3, 0.4) is 0 Å². The van der Waals surface area contributed by atoms with E-state index < -0.39 is 0 Å². The van der Waals surface area contributed by atoms with E-state index in [2.05, 4.69) is 55.1 Å². The number of hydrogen-bond donors (Lipinski definition) is 2. The molecule has 1 aliphatic heterocycles. The summed E-state index contributed by atoms with van der Waals surface area (Å²) in [4.78, 5) is 7.87. The SMILES string of the molecule is CCc1nc2sc([C@H](c3ccc(C)cc3)[NH+]3C[C@@H](C)C[C@H](C)C3)c(O)n2n1. The predicted molar refractivity (Wildman–Crippen MR) is 109 cm³/mol. The number of piperidine rings is 1. The average molecular weight is 386 g/mol. The predicted octanol–water partition coefficient (Wildman–Crippen LogP) is 3.02. The molecule has 0 radical (unpaired) electrons. The molecule has 3 heterocycles. The molecule has 1 saturated heterocycles. The Kier molecular flexibility index (Phi) is 4.95. The maximum absolute atomic E-state index is 11.0. The summed E-state index contributed by atoms with van der Waals surface area (Å²) in [6.45, 7) is 11.1. The molecule has 4 rings (SSSR count). The second-order valence-electron chi connectivity index (χ2n) is 8.22. The summed E-state index contributed by atoms with van der Waals surface area (Å²) in [6.07, 6.45) is 2.06. The zero-order chi connectivity index (χ0) is 19.1. The van der Waals surface area contributed by atoms with Crippen LogP contribution in [-0.2, 0) is 6.42 Å². The summed E-state index contributed by atoms with van der Waals surface area (Å²) in [5, 5.41) is 15.5. The van der Waals surface area contributed by atoms with E-state index in [0.29, 0.717) is 11.8 Å². The first kappa shape index (κ1) is 18.4. The number of fused-ring (bicyclic) bond motifs is 1. The van der Waals surface area contributed by atoms with Crippen molar-refractivity contribution >= 4 is 16.3 Å². The van der Waals surface area contributed by atoms with Crippen molar-refractivity contribution in [2.45, 2.75) is 46.6 Å². The number of benzene rings is 1. The zero-order valence-corrected chi connectivity index (χ0v) is 17.4. The Balaban J connectivity index is 1.81. The van der Waals surface area contributed by atoms with Crippen molar-refractivity contribution in [3.05, 3.63) is 46.1 Å². The fourth-order valence-corrected chi connectivity index (χ4v) is 5.69. The van der Waals surface area contributed by atoms with E-state index >= 15 is 0 Å². The number of aryl methyl sites for hydroxylation is 2. The van der Waals surface area contributed by atoms with Crippen molar-refractivity contribution in [1.82, 2.24) is 14.6 Å². The standard InChI is InChI=1S/C21H28N4OS/c1-5-17-22-21-25(23-17)20(26)19(27-21)18(16-8-6-13(2)7-9-16)24-11-14(3)10-15(4)12-24/h6-9,14-15,18,26H,5,10-12H2,1-4H3/p+1/t14-,15-,18-/m0/s1. The Morgan fingerprint density at radius 3 is 2.48 bits per heavy atom. The van der Waals surface area contributed by atoms with Crippen LogP contribution in [-0.4, -0.2) is 32.8 Å². The van der Waals surface area contributed by atoms with Gasteiger partial charge in [0.2, 0.25) is 10.8 Å². The molecule has 0 aliphatic carbocycles. The molecule has 2 aromatic heterocycles. The minimum absolute atomic E-state index is 0.120. The van der Waals surface area contributed by atoms with Gasteiger partial charge in [0.05, 0.1) is 13.1 Å². The molecule has 0 saturated carbocycles. The molecule has 27 heavy (non-hydrogen) atoms. The van der Waals surface area contributed by atoms with Gasteiger partial charge in [-0.05, 0) is 13.3 Å². The van der Waals surface area contributed by atoms with Crippen LogP contribution in [0.15, 0.2) is 24.3 Å². The fourth-order valence-electron chi connectivity index (χ4n) is 4.53. The summed E-state index contributed by atoms with van der Waals surface area (Å²) in [7, 11) is 0. The van der Waals surface area contributed by atoms with E-state index in [1.54, 1.807) is 15.9 Å². The number of rotatable bonds is 4. The number of thiazole rings is 1. The summed E-state index contributed by atoms with van der Waals surface area (Å²) >= 11 is 1.58. The van der Waals surface area contributed by atoms with Crippen LogP contribution in [0.25, 0.3) is 4.96 Å². The van der Waals surface area contributed by atoms with Crippen molar-refractivity contribution in [3.63, 3.8) is 0 Å². The van der Waals surface area contributed by atoms with E-state index in [4.69, 9.17) is 0 Å². The Labute approximate surface area is 164 Å². The first-order valence-corrected chi connectivity index (χ1v) is 10.8. The maximum atomic E-state index is 11.0. The normalized spacial score (nSPS) is 24.4. The van der Waals surface area contributed by atoms with Gasteiger partial charge in [0.15, 0.2) is 11.9 Å². The summed E-state index contributed by atoms with van der Waals surface area (Å²) in [5.41, 5.74) is 2.51. The zero-order valence-electron chi connectivity index (χ0n) is 16.6. The number of hydrogen-bond acceptors (Lipinski definition) is 4. The van der Waals surface area contributed by atoms with Crippen molar-refractivity contribution in [1.29, 1.82) is 0 Å². The van der Waals surface area contributed by atoms with Gasteiger partial charge in [0, 0.05) is 23.8 Å². The molecule has 144 valence electrons. The van der Waals surface area contributed by atoms with Gasteiger partial charge in [-0.15, -0.1) is 5.10 Å². The summed E-state index contributed by atoms with van der Waals surface area (Å²) in [5.74, 6) is 2.41. The molecular weight excluding hydrogens is 356 g/mol. The summed E-state index contributed by atoms with van der Waals surface area (Å²) in [6, 6.07) is 8.88. The van der Waals surface area contributed by atoms with Crippen molar-refractivity contribution in [2.24, 2.45) is 11.8 Å². The highest BCUT2D eigenvalue weighted by atomic mass is 32.1. The van der Waals surface area contributed by atoms with Crippen LogP contribution in [0.2, 0.25) is 0 Å². The topological polar surface area (TPSA) is 54.9 Å². The van der Waals surface area contributed by atoms with Gasteiger partial charge in [-0.25, -0.2) is 4.98 Å². The largest absolute Gasteiger partial charge is 0.492 e. The second kappa shape index (κ2) is 7.24. The van der Waals surface area contributed by atoms with E-state index in [1.807, 2.05) is 6.92 Å². The van der Waals surface area contributed by atoms with E-state index in [0.717, 1.165) is 35.2 Å². The van der Waals surface area contributed by atoms with Crippen LogP contribution in [0.5, 0.6) is 5.88 Å². The molecule has 3 atom stereocenters. The summed E-state index contributed by atoms with van der Waals surface area (Å²) < 4.78 is 1.62. The van der Waals surface area contributed by atoms with Gasteiger partial charge in [0.1, 0.15) is 4.88 Å². The van der Waals surface area contributed by atoms with E-state index in [1.165, 1.54) is 22.4 Å². The van der Waals surface area contributed by atoms with Crippen molar-refractivity contribution in [3.8, 4) is 5.88 Å². The van der Waals surface area contributed by atoms with Crippen LogP contribution in [0.1, 0.15) is 55.1 Å². The number of aromatic hydroxyl groups is 1. The molecular formula is C21H29N4OS+. The maximum Gasteiger partial charge on any atom is 0.235 e. The van der Waals surface area contributed by atoms with Gasteiger partial charge >= 0.3 is 0 Å². The number of nitrogens with one attached hydrogen (secondary N) is 1. The van der Waals surface area contributed by atoms with Gasteiger partial charge in [-0.2, -0.15) is 4.52 Å². The molecule has 1 aromatic carbocycles. The lowest BCUT2D eigenvalue weighted by atomic mass is 9.89. The molecule has 1 fully saturated rings. The van der Waals surface area contributed by atoms with Gasteiger partial charge < -0.3 is 10.0 Å². The average Bonchev–Trinajstić information content (AvgIpc) is 3.16. The first-order valence-electron chi connectivity index (χ1n) is 9.94. The molecule has 1 aliphatic rings. The fraction of sp³-hybridized carbons (Fsp3) is 0.524. The Hall–Kier alpha value is -1.92. The van der Waals surface area contributed by atoms with Crippen molar-refractivity contribution < 1.29 is 10.0 Å². The molecule has 6 heteroatoms. The van der Waals surface area contributed by atoms with Gasteiger partial charge in [0.25, 0.3) is 0 Å². The Bertz CT molecular complexity index is 920. The third-order valence-corrected chi connectivity index (χ3v) is 6.75. The second-order valence-corrected chi connectivity index (χ2v) is 9.23. The molecule has 3 aromatic rings. The van der Waals surface area contributed by atoms with Crippen LogP contribution < -0.4 is 4.90 Å². The Morgan fingerprint density at radius 2 is 1.89 bits per heavy atom. The monoisotopic (exact) mass is 385 g/mol. The number of nitrogens with zero attached hydrogens (tertiary/aromatic N) is 3. The minimum atomic E-state index is 0.120. The van der Waals surface area contributed by atoms with E-state index in [-0.39, 0.29) is 11.9 Å². The highest BCUT2D eigenvalue weighted by Crippen LogP contribution is 2.35. The van der Waals surface area contributed by atoms with E-state index in [9.17, 15) is 5.11 Å². The molecule has 0 amide bonds. The lowest BCUT2D eigenvalue weighted by Crippen LogP contribution is -3.14. The number of aromatic nitrogens is 3. The quantitative estimate of drug-likeness (QED) is 0.726. The molecule has 0 unspecified atom stereocenters. The minimum Gasteiger partial charge on any atom is -0.492 e. The molecule has 0 spiro atoms. The lowest BCUT2D eigenvalue weighted by molar-refractivity contribution is -0.936. The third kappa shape index (κ3) is 3.48. The van der Waals surface area contributed by atoms with Crippen LogP contribution in [0, 0.1) is 18.8 Å². The highest BCUT2D eigenvalue weighted by Gasteiger charge is 2.37. The highest BCUT2D eigenvalue weighted by molar-refractivity contribution is 7.17. The van der Waals surface area contributed by atoms with Gasteiger partial charge in [-0.1, -0.05) is 61.9 Å². The van der Waals surface area contributed by atoms with Crippen molar-refractivity contribution in [2.75, 3.05) is 13.1 Å². The van der Waals surface area contributed by atoms with Gasteiger partial charge in [-0.3, -0.25) is 0 Å². The molecule has 2 N–H and O–H groups in total. The first-order chi connectivity index (χ1) is 13.0. The smallest absolute Gasteiger partial charge is 0.235 e. The molecule has 0 bridgehead atoms. The lowest BCUT2D eigenvalue weighted by Gasteiger charge is -2.37. The van der Waals surface area contributed by atoms with Crippen LogP contribution >= 0.6 is 11.3 Å². The third-order valence-electron chi connectivity index (χ3n) is 5.67. The van der Waals surface area contributed by atoms with Crippen LogP contribution in [0.4, 0.5) is 0 Å². The Morgan fingerprint density at radius 1 is 1.22 bits per heavy atom. The molecule has 5 nitrogen and oxygen atoms in total. The number of likely N-dealkylation sites (tertiary alicyclic amines) is 1.